The van der Waals surface area contributed by atoms with Crippen LogP contribution in [0.5, 0.6) is 0 Å². The van der Waals surface area contributed by atoms with E-state index in [0.29, 0.717) is 10.6 Å². The van der Waals surface area contributed by atoms with Crippen molar-refractivity contribution in [3.8, 4) is 0 Å². The minimum Gasteiger partial charge on any atom is -0.336 e. The SMILES string of the molecule is O=C(c1cc(Br)ccc1Cl)N1CCN(CC(F)(F)F)CC1. The first-order valence-corrected chi connectivity index (χ1v) is 7.47. The molecule has 0 radical (unpaired) electrons. The van der Waals surface area contributed by atoms with Crippen LogP contribution in [0.1, 0.15) is 10.4 Å². The molecule has 0 unspecified atom stereocenters. The molecule has 1 aromatic rings. The molecule has 1 aliphatic heterocycles. The van der Waals surface area contributed by atoms with Crippen LogP contribution in [0.2, 0.25) is 5.02 Å². The molecular formula is C13H13BrClF3N2O. The summed E-state index contributed by atoms with van der Waals surface area (Å²) >= 11 is 9.27. The van der Waals surface area contributed by atoms with Crippen LogP contribution >= 0.6 is 27.5 Å². The zero-order chi connectivity index (χ0) is 15.6. The van der Waals surface area contributed by atoms with Crippen molar-refractivity contribution in [1.82, 2.24) is 9.80 Å². The summed E-state index contributed by atoms with van der Waals surface area (Å²) in [5.74, 6) is -0.257. The molecule has 0 aromatic heterocycles. The summed E-state index contributed by atoms with van der Waals surface area (Å²) in [5.41, 5.74) is 0.357. The second kappa shape index (κ2) is 6.54. The van der Waals surface area contributed by atoms with Gasteiger partial charge in [0.05, 0.1) is 17.1 Å². The Morgan fingerprint density at radius 1 is 1.24 bits per heavy atom. The maximum absolute atomic E-state index is 12.3. The summed E-state index contributed by atoms with van der Waals surface area (Å²) in [6, 6.07) is 4.95. The van der Waals surface area contributed by atoms with Gasteiger partial charge in [0.1, 0.15) is 0 Å². The lowest BCUT2D eigenvalue weighted by Gasteiger charge is -2.35. The molecule has 3 nitrogen and oxygen atoms in total. The minimum atomic E-state index is -4.21. The maximum atomic E-state index is 12.3. The number of rotatable bonds is 2. The quantitative estimate of drug-likeness (QED) is 0.779. The van der Waals surface area contributed by atoms with E-state index in [4.69, 9.17) is 11.6 Å². The van der Waals surface area contributed by atoms with E-state index in [2.05, 4.69) is 15.9 Å². The van der Waals surface area contributed by atoms with Crippen molar-refractivity contribution in [2.45, 2.75) is 6.18 Å². The van der Waals surface area contributed by atoms with Crippen LogP contribution in [0, 0.1) is 0 Å². The zero-order valence-corrected chi connectivity index (χ0v) is 13.3. The van der Waals surface area contributed by atoms with E-state index in [1.165, 1.54) is 9.80 Å². The van der Waals surface area contributed by atoms with Crippen LogP contribution in [0.15, 0.2) is 22.7 Å². The predicted octanol–water partition coefficient (Wildman–Crippen LogP) is 3.42. The van der Waals surface area contributed by atoms with Gasteiger partial charge in [0.25, 0.3) is 5.91 Å². The summed E-state index contributed by atoms with van der Waals surface area (Å²) in [4.78, 5) is 15.2. The number of hydrogen-bond donors (Lipinski definition) is 0. The third kappa shape index (κ3) is 4.59. The first-order valence-electron chi connectivity index (χ1n) is 6.30. The Kier molecular flexibility index (Phi) is 5.16. The molecule has 0 spiro atoms. The summed E-state index contributed by atoms with van der Waals surface area (Å²) in [7, 11) is 0. The molecule has 0 atom stereocenters. The van der Waals surface area contributed by atoms with Gasteiger partial charge in [0.15, 0.2) is 0 Å². The second-order valence-electron chi connectivity index (χ2n) is 4.81. The van der Waals surface area contributed by atoms with E-state index in [9.17, 15) is 18.0 Å². The van der Waals surface area contributed by atoms with Crippen LogP contribution in [0.3, 0.4) is 0 Å². The van der Waals surface area contributed by atoms with Crippen LogP contribution in [0.4, 0.5) is 13.2 Å². The Labute approximate surface area is 133 Å². The fourth-order valence-electron chi connectivity index (χ4n) is 2.19. The molecule has 8 heteroatoms. The molecular weight excluding hydrogens is 373 g/mol. The van der Waals surface area contributed by atoms with Crippen LogP contribution in [-0.4, -0.2) is 54.6 Å². The van der Waals surface area contributed by atoms with E-state index in [1.807, 2.05) is 0 Å². The Balaban J connectivity index is 1.99. The van der Waals surface area contributed by atoms with Gasteiger partial charge in [0, 0.05) is 30.7 Å². The van der Waals surface area contributed by atoms with Gasteiger partial charge in [-0.15, -0.1) is 0 Å². The Morgan fingerprint density at radius 3 is 2.43 bits per heavy atom. The highest BCUT2D eigenvalue weighted by molar-refractivity contribution is 9.10. The summed E-state index contributed by atoms with van der Waals surface area (Å²) in [5, 5.41) is 0.334. The molecule has 0 bridgehead atoms. The molecule has 1 aromatic carbocycles. The largest absolute Gasteiger partial charge is 0.401 e. The van der Waals surface area contributed by atoms with Gasteiger partial charge in [-0.25, -0.2) is 0 Å². The van der Waals surface area contributed by atoms with Gasteiger partial charge in [0.2, 0.25) is 0 Å². The molecule has 0 saturated carbocycles. The highest BCUT2D eigenvalue weighted by atomic mass is 79.9. The Morgan fingerprint density at radius 2 is 1.86 bits per heavy atom. The van der Waals surface area contributed by atoms with Crippen LogP contribution in [-0.2, 0) is 0 Å². The van der Waals surface area contributed by atoms with Crippen molar-refractivity contribution < 1.29 is 18.0 Å². The fourth-order valence-corrected chi connectivity index (χ4v) is 2.75. The molecule has 1 fully saturated rings. The highest BCUT2D eigenvalue weighted by Crippen LogP contribution is 2.23. The average Bonchev–Trinajstić information content (AvgIpc) is 2.40. The topological polar surface area (TPSA) is 23.6 Å². The second-order valence-corrected chi connectivity index (χ2v) is 6.13. The van der Waals surface area contributed by atoms with Crippen molar-refractivity contribution >= 4 is 33.4 Å². The van der Waals surface area contributed by atoms with Crippen molar-refractivity contribution in [3.05, 3.63) is 33.3 Å². The average molecular weight is 386 g/mol. The van der Waals surface area contributed by atoms with Crippen molar-refractivity contribution in [3.63, 3.8) is 0 Å². The summed E-state index contributed by atoms with van der Waals surface area (Å²) in [6.07, 6.45) is -4.21. The van der Waals surface area contributed by atoms with Gasteiger partial charge in [-0.2, -0.15) is 13.2 Å². The first kappa shape index (κ1) is 16.6. The minimum absolute atomic E-state index is 0.205. The lowest BCUT2D eigenvalue weighted by Crippen LogP contribution is -2.50. The predicted molar refractivity (Wildman–Crippen MR) is 77.6 cm³/mol. The molecule has 1 heterocycles. The number of benzene rings is 1. The number of alkyl halides is 3. The maximum Gasteiger partial charge on any atom is 0.401 e. The van der Waals surface area contributed by atoms with E-state index >= 15 is 0 Å². The monoisotopic (exact) mass is 384 g/mol. The fraction of sp³-hybridized carbons (Fsp3) is 0.462. The molecule has 2 rings (SSSR count). The number of halogens is 5. The standard InChI is InChI=1S/C13H13BrClF3N2O/c14-9-1-2-11(15)10(7-9)12(21)20-5-3-19(4-6-20)8-13(16,17)18/h1-2,7H,3-6,8H2. The summed E-state index contributed by atoms with van der Waals surface area (Å²) in [6.45, 7) is -0.00404. The first-order chi connectivity index (χ1) is 9.76. The number of amides is 1. The van der Waals surface area contributed by atoms with E-state index in [0.717, 1.165) is 4.47 Å². The van der Waals surface area contributed by atoms with Crippen molar-refractivity contribution in [2.75, 3.05) is 32.7 Å². The smallest absolute Gasteiger partial charge is 0.336 e. The summed E-state index contributed by atoms with van der Waals surface area (Å²) < 4.78 is 37.7. The lowest BCUT2D eigenvalue weighted by molar-refractivity contribution is -0.148. The number of carbonyl (C=O) groups is 1. The van der Waals surface area contributed by atoms with Crippen LogP contribution in [0.25, 0.3) is 0 Å². The van der Waals surface area contributed by atoms with E-state index < -0.39 is 12.7 Å². The van der Waals surface area contributed by atoms with Gasteiger partial charge in [-0.3, -0.25) is 9.69 Å². The normalized spacial score (nSPS) is 17.1. The van der Waals surface area contributed by atoms with Crippen LogP contribution < -0.4 is 0 Å². The molecule has 0 N–H and O–H groups in total. The van der Waals surface area contributed by atoms with Gasteiger partial charge in [-0.05, 0) is 18.2 Å². The molecule has 1 aliphatic rings. The highest BCUT2D eigenvalue weighted by Gasteiger charge is 2.33. The third-order valence-corrected chi connectivity index (χ3v) is 4.04. The number of nitrogens with zero attached hydrogens (tertiary/aromatic N) is 2. The third-order valence-electron chi connectivity index (χ3n) is 3.22. The lowest BCUT2D eigenvalue weighted by atomic mass is 10.2. The van der Waals surface area contributed by atoms with Crippen molar-refractivity contribution in [2.24, 2.45) is 0 Å². The Hall–Kier alpha value is -0.790. The molecule has 1 amide bonds. The zero-order valence-electron chi connectivity index (χ0n) is 11.0. The molecule has 0 aliphatic carbocycles. The number of carbonyl (C=O) groups excluding carboxylic acids is 1. The van der Waals surface area contributed by atoms with E-state index in [1.54, 1.807) is 18.2 Å². The number of hydrogen-bond acceptors (Lipinski definition) is 2. The van der Waals surface area contributed by atoms with Gasteiger partial charge >= 0.3 is 6.18 Å². The number of piperazine rings is 1. The van der Waals surface area contributed by atoms with Crippen molar-refractivity contribution in [1.29, 1.82) is 0 Å². The van der Waals surface area contributed by atoms with Gasteiger partial charge in [-0.1, -0.05) is 27.5 Å². The van der Waals surface area contributed by atoms with Gasteiger partial charge < -0.3 is 4.90 Å². The molecule has 21 heavy (non-hydrogen) atoms. The Bertz CT molecular complexity index is 531. The molecule has 1 saturated heterocycles. The molecule has 116 valence electrons. The van der Waals surface area contributed by atoms with E-state index in [-0.39, 0.29) is 32.1 Å².